The summed E-state index contributed by atoms with van der Waals surface area (Å²) in [4.78, 5) is 22.5. The molecule has 2 N–H and O–H groups in total. The number of ether oxygens (including phenoxy) is 1. The molecule has 2 aromatic heterocycles. The number of aromatic nitrogens is 2. The van der Waals surface area contributed by atoms with Gasteiger partial charge in [-0.1, -0.05) is 19.3 Å². The monoisotopic (exact) mass is 345 g/mol. The van der Waals surface area contributed by atoms with Gasteiger partial charge in [0.05, 0.1) is 12.0 Å². The Balaban J connectivity index is 1.62. The summed E-state index contributed by atoms with van der Waals surface area (Å²) in [5, 5.41) is 1.03. The summed E-state index contributed by atoms with van der Waals surface area (Å²) >= 11 is 1.71. The molecule has 0 saturated heterocycles. The first kappa shape index (κ1) is 15.8. The van der Waals surface area contributed by atoms with E-state index in [9.17, 15) is 4.79 Å². The standard InChI is InChI=1S/C18H23N3O2S/c19-14(22)8-12-6-7-13-15(12)16-17(20-10-21-18(16)24-13)23-9-11-4-2-1-3-5-11/h10-12H,1-9H2,(H2,19,22)/t12-/m1/s1. The molecule has 0 bridgehead atoms. The number of carbonyl (C=O) groups is 1. The van der Waals surface area contributed by atoms with E-state index in [0.29, 0.717) is 18.2 Å². The maximum atomic E-state index is 11.4. The van der Waals surface area contributed by atoms with Gasteiger partial charge < -0.3 is 10.5 Å². The second-order valence-corrected chi connectivity index (χ2v) is 8.10. The average molecular weight is 345 g/mol. The summed E-state index contributed by atoms with van der Waals surface area (Å²) in [6, 6.07) is 0. The Kier molecular flexibility index (Phi) is 4.39. The molecule has 2 aliphatic rings. The topological polar surface area (TPSA) is 78.1 Å². The molecule has 6 heteroatoms. The van der Waals surface area contributed by atoms with Crippen LogP contribution in [0.3, 0.4) is 0 Å². The van der Waals surface area contributed by atoms with Crippen molar-refractivity contribution in [1.82, 2.24) is 9.97 Å². The van der Waals surface area contributed by atoms with E-state index in [4.69, 9.17) is 10.5 Å². The van der Waals surface area contributed by atoms with E-state index in [2.05, 4.69) is 9.97 Å². The molecule has 1 fully saturated rings. The van der Waals surface area contributed by atoms with Crippen LogP contribution in [0.5, 0.6) is 5.88 Å². The Morgan fingerprint density at radius 1 is 1.25 bits per heavy atom. The minimum atomic E-state index is -0.242. The minimum Gasteiger partial charge on any atom is -0.477 e. The molecular formula is C18H23N3O2S. The molecule has 0 unspecified atom stereocenters. The molecule has 128 valence electrons. The zero-order valence-corrected chi connectivity index (χ0v) is 14.6. The molecule has 0 radical (unpaired) electrons. The van der Waals surface area contributed by atoms with Crippen LogP contribution in [0.25, 0.3) is 10.2 Å². The summed E-state index contributed by atoms with van der Waals surface area (Å²) < 4.78 is 6.14. The number of nitrogens with two attached hydrogens (primary N) is 1. The fraction of sp³-hybridized carbons (Fsp3) is 0.611. The van der Waals surface area contributed by atoms with Gasteiger partial charge in [-0.25, -0.2) is 9.97 Å². The van der Waals surface area contributed by atoms with Gasteiger partial charge in [-0.05, 0) is 43.1 Å². The van der Waals surface area contributed by atoms with Crippen LogP contribution < -0.4 is 10.5 Å². The number of amides is 1. The van der Waals surface area contributed by atoms with Gasteiger partial charge in [-0.15, -0.1) is 11.3 Å². The van der Waals surface area contributed by atoms with Crippen molar-refractivity contribution in [3.63, 3.8) is 0 Å². The fourth-order valence-corrected chi connectivity index (χ4v) is 5.38. The highest BCUT2D eigenvalue weighted by Gasteiger charge is 2.31. The number of carbonyl (C=O) groups excluding carboxylic acids is 1. The van der Waals surface area contributed by atoms with Crippen LogP contribution in [0.1, 0.15) is 61.3 Å². The molecule has 1 atom stereocenters. The molecule has 4 rings (SSSR count). The van der Waals surface area contributed by atoms with Gasteiger partial charge in [0.1, 0.15) is 11.2 Å². The van der Waals surface area contributed by atoms with Gasteiger partial charge in [0.2, 0.25) is 11.8 Å². The average Bonchev–Trinajstić information content (AvgIpc) is 3.13. The molecule has 0 aliphatic heterocycles. The lowest BCUT2D eigenvalue weighted by molar-refractivity contribution is -0.118. The molecular weight excluding hydrogens is 322 g/mol. The Morgan fingerprint density at radius 3 is 2.88 bits per heavy atom. The van der Waals surface area contributed by atoms with Crippen molar-refractivity contribution >= 4 is 27.5 Å². The molecule has 24 heavy (non-hydrogen) atoms. The smallest absolute Gasteiger partial charge is 0.225 e. The highest BCUT2D eigenvalue weighted by atomic mass is 32.1. The molecule has 2 heterocycles. The number of thiophene rings is 1. The number of rotatable bonds is 5. The second kappa shape index (κ2) is 6.67. The Bertz CT molecular complexity index is 752. The molecule has 0 spiro atoms. The third-order valence-electron chi connectivity index (χ3n) is 5.32. The SMILES string of the molecule is NC(=O)C[C@H]1CCc2sc3ncnc(OCC4CCCCC4)c3c21. The van der Waals surface area contributed by atoms with Crippen LogP contribution in [0.2, 0.25) is 0 Å². The van der Waals surface area contributed by atoms with Crippen molar-refractivity contribution in [2.45, 2.75) is 57.3 Å². The van der Waals surface area contributed by atoms with Gasteiger partial charge in [-0.3, -0.25) is 4.79 Å². The van der Waals surface area contributed by atoms with Crippen LogP contribution in [-0.2, 0) is 11.2 Å². The summed E-state index contributed by atoms with van der Waals surface area (Å²) in [5.74, 6) is 1.28. The first-order valence-electron chi connectivity index (χ1n) is 8.89. The van der Waals surface area contributed by atoms with Crippen molar-refractivity contribution in [2.24, 2.45) is 11.7 Å². The predicted octanol–water partition coefficient (Wildman–Crippen LogP) is 3.56. The first-order valence-corrected chi connectivity index (χ1v) is 9.71. The number of primary amides is 1. The molecule has 1 amide bonds. The molecule has 0 aromatic carbocycles. The zero-order chi connectivity index (χ0) is 16.5. The highest BCUT2D eigenvalue weighted by molar-refractivity contribution is 7.19. The van der Waals surface area contributed by atoms with Crippen molar-refractivity contribution in [2.75, 3.05) is 6.61 Å². The maximum Gasteiger partial charge on any atom is 0.225 e. The van der Waals surface area contributed by atoms with Crippen LogP contribution >= 0.6 is 11.3 Å². The van der Waals surface area contributed by atoms with E-state index in [0.717, 1.165) is 29.7 Å². The van der Waals surface area contributed by atoms with E-state index >= 15 is 0 Å². The lowest BCUT2D eigenvalue weighted by Crippen LogP contribution is -2.16. The van der Waals surface area contributed by atoms with E-state index in [-0.39, 0.29) is 11.8 Å². The molecule has 5 nitrogen and oxygen atoms in total. The lowest BCUT2D eigenvalue weighted by Gasteiger charge is -2.21. The number of hydrogen-bond acceptors (Lipinski definition) is 5. The van der Waals surface area contributed by atoms with Crippen molar-refractivity contribution < 1.29 is 9.53 Å². The van der Waals surface area contributed by atoms with E-state index in [1.165, 1.54) is 42.5 Å². The third-order valence-corrected chi connectivity index (χ3v) is 6.50. The Hall–Kier alpha value is -1.69. The lowest BCUT2D eigenvalue weighted by atomic mass is 9.90. The molecule has 1 saturated carbocycles. The number of fused-ring (bicyclic) bond motifs is 3. The van der Waals surface area contributed by atoms with Crippen LogP contribution in [0.15, 0.2) is 6.33 Å². The summed E-state index contributed by atoms with van der Waals surface area (Å²) in [5.41, 5.74) is 6.65. The quantitative estimate of drug-likeness (QED) is 0.899. The van der Waals surface area contributed by atoms with Crippen molar-refractivity contribution in [3.05, 3.63) is 16.8 Å². The van der Waals surface area contributed by atoms with E-state index in [1.807, 2.05) is 0 Å². The van der Waals surface area contributed by atoms with E-state index < -0.39 is 0 Å². The zero-order valence-electron chi connectivity index (χ0n) is 13.8. The number of aryl methyl sites for hydroxylation is 1. The molecule has 2 aromatic rings. The van der Waals surface area contributed by atoms with Gasteiger partial charge in [0, 0.05) is 11.3 Å². The second-order valence-electron chi connectivity index (χ2n) is 7.02. The number of nitrogens with zero attached hydrogens (tertiary/aromatic N) is 2. The fourth-order valence-electron chi connectivity index (χ4n) is 4.15. The summed E-state index contributed by atoms with van der Waals surface area (Å²) in [6.45, 7) is 0.733. The summed E-state index contributed by atoms with van der Waals surface area (Å²) in [7, 11) is 0. The van der Waals surface area contributed by atoms with Gasteiger partial charge in [-0.2, -0.15) is 0 Å². The van der Waals surface area contributed by atoms with Crippen LogP contribution in [0, 0.1) is 5.92 Å². The predicted molar refractivity (Wildman–Crippen MR) is 94.4 cm³/mol. The van der Waals surface area contributed by atoms with Crippen molar-refractivity contribution in [1.29, 1.82) is 0 Å². The minimum absolute atomic E-state index is 0.189. The van der Waals surface area contributed by atoms with E-state index in [1.54, 1.807) is 17.7 Å². The number of hydrogen-bond donors (Lipinski definition) is 1. The van der Waals surface area contributed by atoms with Crippen LogP contribution in [0.4, 0.5) is 0 Å². The maximum absolute atomic E-state index is 11.4. The van der Waals surface area contributed by atoms with Crippen LogP contribution in [-0.4, -0.2) is 22.5 Å². The third kappa shape index (κ3) is 2.99. The van der Waals surface area contributed by atoms with Gasteiger partial charge in [0.15, 0.2) is 0 Å². The Labute approximate surface area is 145 Å². The highest BCUT2D eigenvalue weighted by Crippen LogP contribution is 2.47. The van der Waals surface area contributed by atoms with Gasteiger partial charge in [0.25, 0.3) is 0 Å². The van der Waals surface area contributed by atoms with Crippen molar-refractivity contribution in [3.8, 4) is 5.88 Å². The summed E-state index contributed by atoms with van der Waals surface area (Å²) in [6.07, 6.45) is 10.4. The Morgan fingerprint density at radius 2 is 2.08 bits per heavy atom. The molecule has 2 aliphatic carbocycles. The first-order chi connectivity index (χ1) is 11.7. The van der Waals surface area contributed by atoms with Gasteiger partial charge >= 0.3 is 0 Å². The largest absolute Gasteiger partial charge is 0.477 e. The normalized spacial score (nSPS) is 21.1.